The quantitative estimate of drug-likeness (QED) is 0.234. The van der Waals surface area contributed by atoms with E-state index in [2.05, 4.69) is 0 Å². The summed E-state index contributed by atoms with van der Waals surface area (Å²) in [5.41, 5.74) is 0.506. The number of unbranched alkanes of at least 4 members (excludes halogenated alkanes) is 3. The number of phenolic OH excluding ortho intramolecular Hbond substituents is 2. The fourth-order valence-electron chi connectivity index (χ4n) is 3.66. The zero-order chi connectivity index (χ0) is 21.5. The van der Waals surface area contributed by atoms with Gasteiger partial charge in [0, 0.05) is 0 Å². The molecular formula is C23H34O6. The lowest BCUT2D eigenvalue weighted by molar-refractivity contribution is -0.147. The summed E-state index contributed by atoms with van der Waals surface area (Å²) in [5, 5.41) is 29.7. The van der Waals surface area contributed by atoms with Crippen LogP contribution in [0.3, 0.4) is 0 Å². The molecular weight excluding hydrogens is 372 g/mol. The Hall–Kier alpha value is -2.24. The average molecular weight is 407 g/mol. The number of carbonyl (C=O) groups is 2. The number of aryl methyl sites for hydroxylation is 2. The first-order valence-electron chi connectivity index (χ1n) is 10.6. The molecule has 1 fully saturated rings. The van der Waals surface area contributed by atoms with Crippen molar-refractivity contribution in [3.05, 3.63) is 23.3 Å². The maximum atomic E-state index is 11.1. The summed E-state index contributed by atoms with van der Waals surface area (Å²) >= 11 is 0. The van der Waals surface area contributed by atoms with Crippen molar-refractivity contribution in [3.8, 4) is 11.5 Å². The molecule has 6 nitrogen and oxygen atoms in total. The van der Waals surface area contributed by atoms with Crippen molar-refractivity contribution in [2.24, 2.45) is 5.41 Å². The topological polar surface area (TPSA) is 104 Å². The van der Waals surface area contributed by atoms with Crippen LogP contribution in [0, 0.1) is 5.41 Å². The van der Waals surface area contributed by atoms with Gasteiger partial charge in [-0.3, -0.25) is 9.59 Å². The zero-order valence-electron chi connectivity index (χ0n) is 17.6. The molecule has 0 unspecified atom stereocenters. The second kappa shape index (κ2) is 9.99. The van der Waals surface area contributed by atoms with E-state index in [0.29, 0.717) is 25.7 Å². The van der Waals surface area contributed by atoms with Crippen molar-refractivity contribution in [3.63, 3.8) is 0 Å². The number of phenols is 2. The Kier molecular flexibility index (Phi) is 7.94. The van der Waals surface area contributed by atoms with Crippen LogP contribution >= 0.6 is 0 Å². The molecule has 3 N–H and O–H groups in total. The second-order valence-electron chi connectivity index (χ2n) is 8.96. The van der Waals surface area contributed by atoms with Crippen LogP contribution in [0.5, 0.6) is 11.5 Å². The molecule has 162 valence electrons. The highest BCUT2D eigenvalue weighted by atomic mass is 16.5. The van der Waals surface area contributed by atoms with Gasteiger partial charge in [-0.15, -0.1) is 0 Å². The first kappa shape index (κ1) is 23.0. The predicted molar refractivity (Wildman–Crippen MR) is 110 cm³/mol. The fraction of sp³-hybridized carbons (Fsp3) is 0.652. The molecule has 0 amide bonds. The summed E-state index contributed by atoms with van der Waals surface area (Å²) in [5.74, 6) is -0.374. The molecule has 0 saturated heterocycles. The average Bonchev–Trinajstić information content (AvgIpc) is 3.41. The third kappa shape index (κ3) is 6.94. The number of hydrogen-bond donors (Lipinski definition) is 3. The Labute approximate surface area is 172 Å². The van der Waals surface area contributed by atoms with Crippen LogP contribution < -0.4 is 0 Å². The molecule has 1 aliphatic carbocycles. The second-order valence-corrected chi connectivity index (χ2v) is 8.96. The van der Waals surface area contributed by atoms with Gasteiger partial charge in [0.15, 0.2) is 0 Å². The molecule has 0 atom stereocenters. The van der Waals surface area contributed by atoms with Crippen LogP contribution in [-0.4, -0.2) is 33.4 Å². The smallest absolute Gasteiger partial charge is 0.309 e. The molecule has 0 bridgehead atoms. The molecule has 0 heterocycles. The summed E-state index contributed by atoms with van der Waals surface area (Å²) in [7, 11) is 0. The minimum atomic E-state index is -0.778. The molecule has 29 heavy (non-hydrogen) atoms. The largest absolute Gasteiger partial charge is 0.508 e. The van der Waals surface area contributed by atoms with Crippen LogP contribution in [-0.2, 0) is 27.2 Å². The van der Waals surface area contributed by atoms with Crippen molar-refractivity contribution in [1.82, 2.24) is 0 Å². The third-order valence-electron chi connectivity index (χ3n) is 6.04. The highest BCUT2D eigenvalue weighted by molar-refractivity contribution is 5.73. The molecule has 1 aromatic carbocycles. The minimum absolute atomic E-state index is 0.201. The van der Waals surface area contributed by atoms with Gasteiger partial charge in [0.2, 0.25) is 0 Å². The van der Waals surface area contributed by atoms with Crippen molar-refractivity contribution < 1.29 is 29.6 Å². The lowest BCUT2D eigenvalue weighted by Crippen LogP contribution is -2.23. The van der Waals surface area contributed by atoms with E-state index in [0.717, 1.165) is 62.5 Å². The number of hydrogen-bond acceptors (Lipinski definition) is 5. The van der Waals surface area contributed by atoms with Gasteiger partial charge in [-0.2, -0.15) is 0 Å². The fourth-order valence-corrected chi connectivity index (χ4v) is 3.66. The molecule has 1 aliphatic rings. The number of aromatic hydroxyl groups is 2. The highest BCUT2D eigenvalue weighted by Crippen LogP contribution is 2.43. The molecule has 2 rings (SSSR count). The molecule has 6 heteroatoms. The predicted octanol–water partition coefficient (Wildman–Crippen LogP) is 4.73. The maximum Gasteiger partial charge on any atom is 0.309 e. The molecule has 0 aliphatic heterocycles. The monoisotopic (exact) mass is 406 g/mol. The van der Waals surface area contributed by atoms with E-state index in [1.807, 2.05) is 0 Å². The van der Waals surface area contributed by atoms with Crippen molar-refractivity contribution in [1.29, 1.82) is 0 Å². The molecule has 0 spiro atoms. The zero-order valence-corrected chi connectivity index (χ0v) is 17.6. The normalized spacial score (nSPS) is 15.1. The van der Waals surface area contributed by atoms with Gasteiger partial charge >= 0.3 is 5.97 Å². The Bertz CT molecular complexity index is 706. The number of carboxylic acids is 1. The summed E-state index contributed by atoms with van der Waals surface area (Å²) < 4.78 is 5.14. The van der Waals surface area contributed by atoms with Gasteiger partial charge < -0.3 is 20.1 Å². The first-order chi connectivity index (χ1) is 13.7. The number of carbonyl (C=O) groups excluding carboxylic acids is 1. The van der Waals surface area contributed by atoms with E-state index in [-0.39, 0.29) is 17.1 Å². The van der Waals surface area contributed by atoms with Crippen LogP contribution in [0.1, 0.15) is 82.8 Å². The van der Waals surface area contributed by atoms with Gasteiger partial charge in [-0.25, -0.2) is 0 Å². The van der Waals surface area contributed by atoms with E-state index in [4.69, 9.17) is 9.84 Å². The number of ether oxygens (including phenoxy) is 1. The first-order valence-corrected chi connectivity index (χ1v) is 10.6. The number of aliphatic carboxylic acids is 1. The highest BCUT2D eigenvalue weighted by Gasteiger charge is 2.44. The summed E-state index contributed by atoms with van der Waals surface area (Å²) in [6.45, 7) is 4.00. The van der Waals surface area contributed by atoms with Crippen LogP contribution in [0.2, 0.25) is 0 Å². The van der Waals surface area contributed by atoms with Crippen molar-refractivity contribution >= 4 is 12.4 Å². The Morgan fingerprint density at radius 2 is 1.59 bits per heavy atom. The van der Waals surface area contributed by atoms with E-state index in [1.54, 1.807) is 26.0 Å². The number of carboxylic acid groups (broad SMARTS) is 1. The van der Waals surface area contributed by atoms with Crippen LogP contribution in [0.4, 0.5) is 0 Å². The van der Waals surface area contributed by atoms with E-state index in [1.165, 1.54) is 0 Å². The van der Waals surface area contributed by atoms with Gasteiger partial charge in [0.25, 0.3) is 6.47 Å². The molecule has 0 aromatic heterocycles. The summed E-state index contributed by atoms with van der Waals surface area (Å²) in [6, 6.07) is 3.29. The van der Waals surface area contributed by atoms with E-state index < -0.39 is 11.4 Å². The standard InChI is InChI=1S/C23H34O6/c1-22(2,21(27)28)10-6-3-4-8-17-14-20(26)18(15-19(17)25)9-5-7-11-23(12-13-23)29-16-24/h14-16,25-26H,3-13H2,1-2H3,(H,27,28). The van der Waals surface area contributed by atoms with Gasteiger partial charge in [-0.05, 0) is 94.9 Å². The Morgan fingerprint density at radius 1 is 1.03 bits per heavy atom. The van der Waals surface area contributed by atoms with Crippen molar-refractivity contribution in [2.75, 3.05) is 0 Å². The number of rotatable bonds is 14. The Morgan fingerprint density at radius 3 is 2.07 bits per heavy atom. The van der Waals surface area contributed by atoms with Gasteiger partial charge in [0.1, 0.15) is 17.1 Å². The SMILES string of the molecule is CC(C)(CCCCCc1cc(O)c(CCCCC2(OC=O)CC2)cc1O)C(=O)O. The Balaban J connectivity index is 1.74. The number of benzene rings is 1. The third-order valence-corrected chi connectivity index (χ3v) is 6.04. The molecule has 0 radical (unpaired) electrons. The van der Waals surface area contributed by atoms with Crippen LogP contribution in [0.15, 0.2) is 12.1 Å². The van der Waals surface area contributed by atoms with Crippen LogP contribution in [0.25, 0.3) is 0 Å². The lowest BCUT2D eigenvalue weighted by atomic mass is 9.87. The maximum absolute atomic E-state index is 11.1. The molecule has 1 aromatic rings. The van der Waals surface area contributed by atoms with E-state index in [9.17, 15) is 19.8 Å². The minimum Gasteiger partial charge on any atom is -0.508 e. The summed E-state index contributed by atoms with van der Waals surface area (Å²) in [4.78, 5) is 21.6. The van der Waals surface area contributed by atoms with E-state index >= 15 is 0 Å². The van der Waals surface area contributed by atoms with Gasteiger partial charge in [-0.1, -0.05) is 12.8 Å². The summed E-state index contributed by atoms with van der Waals surface area (Å²) in [6.07, 6.45) is 8.94. The lowest BCUT2D eigenvalue weighted by Gasteiger charge is -2.18. The molecule has 1 saturated carbocycles. The van der Waals surface area contributed by atoms with Crippen molar-refractivity contribution in [2.45, 2.75) is 90.1 Å². The van der Waals surface area contributed by atoms with Gasteiger partial charge in [0.05, 0.1) is 5.41 Å².